The summed E-state index contributed by atoms with van der Waals surface area (Å²) in [6.07, 6.45) is 12.8. The zero-order chi connectivity index (χ0) is 36.7. The molecule has 8 heteroatoms. The second kappa shape index (κ2) is 18.4. The van der Waals surface area contributed by atoms with E-state index in [0.29, 0.717) is 42.3 Å². The Bertz CT molecular complexity index is 2250. The fraction of sp³-hybridized carbons (Fsp3) is 0.156. The van der Waals surface area contributed by atoms with Gasteiger partial charge in [0, 0.05) is 37.9 Å². The van der Waals surface area contributed by atoms with Crippen molar-refractivity contribution < 1.29 is 9.47 Å². The fourth-order valence-corrected chi connectivity index (χ4v) is 5.99. The number of nitrogens with zero attached hydrogens (tertiary/aromatic N) is 6. The van der Waals surface area contributed by atoms with E-state index in [0.717, 1.165) is 46.2 Å². The van der Waals surface area contributed by atoms with Crippen LogP contribution in [0.4, 0.5) is 0 Å². The smallest absolute Gasteiger partial charge is 0.138 e. The van der Waals surface area contributed by atoms with E-state index in [9.17, 15) is 10.5 Å². The van der Waals surface area contributed by atoms with Gasteiger partial charge in [0.05, 0.1) is 23.8 Å². The second-order valence-electron chi connectivity index (χ2n) is 12.5. The lowest BCUT2D eigenvalue weighted by atomic mass is 10.0. The zero-order valence-corrected chi connectivity index (χ0v) is 29.6. The first-order valence-electron chi connectivity index (χ1n) is 17.6. The molecular weight excluding hydrogens is 657 g/mol. The van der Waals surface area contributed by atoms with Gasteiger partial charge in [-0.25, -0.2) is 9.97 Å². The summed E-state index contributed by atoms with van der Waals surface area (Å²) in [7, 11) is 0. The van der Waals surface area contributed by atoms with Crippen LogP contribution in [0.3, 0.4) is 0 Å². The minimum atomic E-state index is -0.0539. The second-order valence-corrected chi connectivity index (χ2v) is 12.5. The maximum absolute atomic E-state index is 9.45. The molecule has 0 saturated carbocycles. The Morgan fingerprint density at radius 2 is 1.23 bits per heavy atom. The largest absolute Gasteiger partial charge is 0.487 e. The molecule has 2 aromatic heterocycles. The zero-order valence-electron chi connectivity index (χ0n) is 29.6. The average Bonchev–Trinajstić information content (AvgIpc) is 3.93. The molecule has 1 atom stereocenters. The van der Waals surface area contributed by atoms with Crippen LogP contribution in [0.15, 0.2) is 159 Å². The SMILES string of the molecule is CCCC(Oc1cc(Cn2ccnc2)ccc1C#N)c1ccccc1.N#Cc1ccc(Cn2ccnc2)cc1OCc1ccccc1-c1ccccc1. The van der Waals surface area contributed by atoms with Gasteiger partial charge in [-0.2, -0.15) is 10.5 Å². The van der Waals surface area contributed by atoms with Gasteiger partial charge in [-0.15, -0.1) is 0 Å². The van der Waals surface area contributed by atoms with Crippen molar-refractivity contribution in [2.75, 3.05) is 0 Å². The third kappa shape index (κ3) is 9.88. The van der Waals surface area contributed by atoms with Gasteiger partial charge in [0.2, 0.25) is 0 Å². The highest BCUT2D eigenvalue weighted by atomic mass is 16.5. The van der Waals surface area contributed by atoms with Crippen LogP contribution in [0, 0.1) is 22.7 Å². The summed E-state index contributed by atoms with van der Waals surface area (Å²) < 4.78 is 16.3. The molecule has 7 rings (SSSR count). The summed E-state index contributed by atoms with van der Waals surface area (Å²) >= 11 is 0. The molecule has 0 saturated heterocycles. The van der Waals surface area contributed by atoms with E-state index in [1.165, 1.54) is 0 Å². The number of ether oxygens (including phenoxy) is 2. The van der Waals surface area contributed by atoms with Gasteiger partial charge >= 0.3 is 0 Å². The maximum atomic E-state index is 9.45. The summed E-state index contributed by atoms with van der Waals surface area (Å²) in [5, 5.41) is 18.9. The normalized spacial score (nSPS) is 11.0. The molecule has 0 aliphatic rings. The van der Waals surface area contributed by atoms with E-state index < -0.39 is 0 Å². The van der Waals surface area contributed by atoms with Crippen molar-refractivity contribution in [1.82, 2.24) is 19.1 Å². The van der Waals surface area contributed by atoms with Crippen molar-refractivity contribution in [3.8, 4) is 34.8 Å². The molecule has 0 bridgehead atoms. The van der Waals surface area contributed by atoms with Crippen molar-refractivity contribution in [3.63, 3.8) is 0 Å². The highest BCUT2D eigenvalue weighted by molar-refractivity contribution is 5.67. The van der Waals surface area contributed by atoms with E-state index in [4.69, 9.17) is 9.47 Å². The van der Waals surface area contributed by atoms with Gasteiger partial charge in [-0.1, -0.05) is 110 Å². The van der Waals surface area contributed by atoms with E-state index in [-0.39, 0.29) is 6.10 Å². The summed E-state index contributed by atoms with van der Waals surface area (Å²) in [6, 6.07) is 44.5. The predicted molar refractivity (Wildman–Crippen MR) is 206 cm³/mol. The van der Waals surface area contributed by atoms with E-state index >= 15 is 0 Å². The van der Waals surface area contributed by atoms with Gasteiger partial charge in [0.1, 0.15) is 36.3 Å². The molecule has 8 nitrogen and oxygen atoms in total. The number of aromatic nitrogens is 4. The Morgan fingerprint density at radius 1 is 0.660 bits per heavy atom. The molecule has 53 heavy (non-hydrogen) atoms. The van der Waals surface area contributed by atoms with Crippen molar-refractivity contribution in [1.29, 1.82) is 10.5 Å². The molecule has 0 aliphatic carbocycles. The van der Waals surface area contributed by atoms with Crippen LogP contribution in [0.2, 0.25) is 0 Å². The number of hydrogen-bond donors (Lipinski definition) is 0. The van der Waals surface area contributed by atoms with Gasteiger partial charge < -0.3 is 18.6 Å². The summed E-state index contributed by atoms with van der Waals surface area (Å²) in [5.74, 6) is 1.24. The van der Waals surface area contributed by atoms with Gasteiger partial charge in [-0.3, -0.25) is 0 Å². The van der Waals surface area contributed by atoms with E-state index in [2.05, 4.69) is 65.4 Å². The van der Waals surface area contributed by atoms with Gasteiger partial charge in [0.25, 0.3) is 0 Å². The summed E-state index contributed by atoms with van der Waals surface area (Å²) in [4.78, 5) is 8.13. The number of nitriles is 2. The number of hydrogen-bond acceptors (Lipinski definition) is 6. The Balaban J connectivity index is 0.000000183. The van der Waals surface area contributed by atoms with Crippen molar-refractivity contribution in [2.24, 2.45) is 0 Å². The molecule has 7 aromatic rings. The molecule has 0 spiro atoms. The highest BCUT2D eigenvalue weighted by Gasteiger charge is 2.15. The van der Waals surface area contributed by atoms with Gasteiger partial charge in [-0.05, 0) is 64.1 Å². The fourth-order valence-electron chi connectivity index (χ4n) is 5.99. The minimum absolute atomic E-state index is 0.0539. The molecule has 0 N–H and O–H groups in total. The summed E-state index contributed by atoms with van der Waals surface area (Å²) in [6.45, 7) is 3.92. The quantitative estimate of drug-likeness (QED) is 0.119. The third-order valence-corrected chi connectivity index (χ3v) is 8.66. The van der Waals surface area contributed by atoms with Crippen LogP contribution < -0.4 is 9.47 Å². The lowest BCUT2D eigenvalue weighted by Crippen LogP contribution is -2.09. The van der Waals surface area contributed by atoms with Crippen molar-refractivity contribution >= 4 is 0 Å². The van der Waals surface area contributed by atoms with Crippen LogP contribution in [-0.2, 0) is 19.7 Å². The van der Waals surface area contributed by atoms with Crippen LogP contribution >= 0.6 is 0 Å². The molecule has 2 heterocycles. The van der Waals surface area contributed by atoms with Crippen molar-refractivity contribution in [2.45, 2.75) is 45.6 Å². The lowest BCUT2D eigenvalue weighted by Gasteiger charge is -2.20. The van der Waals surface area contributed by atoms with Crippen LogP contribution in [0.5, 0.6) is 11.5 Å². The molecule has 0 radical (unpaired) electrons. The molecular formula is C45H40N6O2. The number of rotatable bonds is 13. The molecule has 0 amide bonds. The Morgan fingerprint density at radius 3 is 1.81 bits per heavy atom. The summed E-state index contributed by atoms with van der Waals surface area (Å²) in [5.41, 5.74) is 7.73. The third-order valence-electron chi connectivity index (χ3n) is 8.66. The predicted octanol–water partition coefficient (Wildman–Crippen LogP) is 9.77. The van der Waals surface area contributed by atoms with Crippen LogP contribution in [-0.4, -0.2) is 19.1 Å². The first kappa shape index (κ1) is 35.9. The topological polar surface area (TPSA) is 102 Å². The van der Waals surface area contributed by atoms with E-state index in [1.807, 2.05) is 106 Å². The molecule has 5 aromatic carbocycles. The molecule has 0 fully saturated rings. The molecule has 262 valence electrons. The first-order valence-corrected chi connectivity index (χ1v) is 17.6. The Labute approximate surface area is 310 Å². The Hall–Kier alpha value is -6.90. The number of imidazole rings is 2. The van der Waals surface area contributed by atoms with Crippen LogP contribution in [0.1, 0.15) is 59.3 Å². The van der Waals surface area contributed by atoms with Gasteiger partial charge in [0.15, 0.2) is 0 Å². The minimum Gasteiger partial charge on any atom is -0.487 e. The van der Waals surface area contributed by atoms with E-state index in [1.54, 1.807) is 25.0 Å². The lowest BCUT2D eigenvalue weighted by molar-refractivity contribution is 0.193. The number of benzene rings is 5. The standard InChI is InChI=1S/C24H19N3O.C21H21N3O/c25-15-21-11-10-19(16-27-13-12-26-18-27)14-24(21)28-17-22-8-4-5-9-23(22)20-6-2-1-3-7-20;1-2-6-20(18-7-4-3-5-8-18)25-21-13-17(9-10-19(21)14-22)15-24-12-11-23-16-24/h1-14,18H,16-17H2;3-5,7-13,16,20H,2,6,15H2,1H3. The molecule has 1 unspecified atom stereocenters. The monoisotopic (exact) mass is 696 g/mol. The van der Waals surface area contributed by atoms with Crippen LogP contribution in [0.25, 0.3) is 11.1 Å². The molecule has 0 aliphatic heterocycles. The highest BCUT2D eigenvalue weighted by Crippen LogP contribution is 2.30. The van der Waals surface area contributed by atoms with Crippen molar-refractivity contribution in [3.05, 3.63) is 192 Å². The Kier molecular flexibility index (Phi) is 12.4. The first-order chi connectivity index (χ1) is 26.1. The maximum Gasteiger partial charge on any atom is 0.138 e. The average molecular weight is 697 g/mol.